The number of benzene rings is 2. The monoisotopic (exact) mass is 271 g/mol. The molecular weight excluding hydrogens is 246 g/mol. The SMILES string of the molecule is CC(C)(C)CCNCCOc1ccc2ccccc2c1. The van der Waals surface area contributed by atoms with Gasteiger partial charge in [0.05, 0.1) is 0 Å². The number of fused-ring (bicyclic) bond motifs is 1. The van der Waals surface area contributed by atoms with Gasteiger partial charge in [0.25, 0.3) is 0 Å². The molecule has 0 heterocycles. The summed E-state index contributed by atoms with van der Waals surface area (Å²) in [7, 11) is 0. The zero-order chi connectivity index (χ0) is 14.4. The van der Waals surface area contributed by atoms with Gasteiger partial charge in [0.2, 0.25) is 0 Å². The van der Waals surface area contributed by atoms with Crippen LogP contribution in [0, 0.1) is 5.41 Å². The minimum atomic E-state index is 0.395. The fraction of sp³-hybridized carbons (Fsp3) is 0.444. The quantitative estimate of drug-likeness (QED) is 0.793. The van der Waals surface area contributed by atoms with Crippen molar-refractivity contribution in [3.8, 4) is 5.75 Å². The van der Waals surface area contributed by atoms with Crippen LogP contribution in [0.3, 0.4) is 0 Å². The zero-order valence-corrected chi connectivity index (χ0v) is 12.8. The fourth-order valence-corrected chi connectivity index (χ4v) is 2.09. The average molecular weight is 271 g/mol. The van der Waals surface area contributed by atoms with E-state index in [1.807, 2.05) is 6.07 Å². The molecule has 0 atom stereocenters. The van der Waals surface area contributed by atoms with E-state index in [2.05, 4.69) is 62.5 Å². The smallest absolute Gasteiger partial charge is 0.120 e. The zero-order valence-electron chi connectivity index (χ0n) is 12.8. The molecule has 2 aromatic rings. The predicted octanol–water partition coefficient (Wildman–Crippen LogP) is 4.24. The third-order valence-corrected chi connectivity index (χ3v) is 3.32. The van der Waals surface area contributed by atoms with Crippen LogP contribution in [0.25, 0.3) is 10.8 Å². The molecule has 0 radical (unpaired) electrons. The molecule has 2 rings (SSSR count). The van der Waals surface area contributed by atoms with Crippen LogP contribution >= 0.6 is 0 Å². The Morgan fingerprint density at radius 2 is 1.70 bits per heavy atom. The summed E-state index contributed by atoms with van der Waals surface area (Å²) in [6.07, 6.45) is 1.18. The predicted molar refractivity (Wildman–Crippen MR) is 86.4 cm³/mol. The summed E-state index contributed by atoms with van der Waals surface area (Å²) in [4.78, 5) is 0. The summed E-state index contributed by atoms with van der Waals surface area (Å²) >= 11 is 0. The molecule has 108 valence electrons. The Bertz CT molecular complexity index is 542. The molecule has 0 bridgehead atoms. The van der Waals surface area contributed by atoms with Crippen LogP contribution in [0.2, 0.25) is 0 Å². The van der Waals surface area contributed by atoms with Crippen LogP contribution in [-0.4, -0.2) is 19.7 Å². The number of ether oxygens (including phenoxy) is 1. The summed E-state index contributed by atoms with van der Waals surface area (Å²) < 4.78 is 5.78. The number of rotatable bonds is 6. The van der Waals surface area contributed by atoms with Crippen LogP contribution in [-0.2, 0) is 0 Å². The van der Waals surface area contributed by atoms with E-state index in [1.54, 1.807) is 0 Å². The van der Waals surface area contributed by atoms with E-state index >= 15 is 0 Å². The van der Waals surface area contributed by atoms with Gasteiger partial charge in [0.1, 0.15) is 12.4 Å². The highest BCUT2D eigenvalue weighted by Gasteiger charge is 2.08. The molecule has 2 nitrogen and oxygen atoms in total. The van der Waals surface area contributed by atoms with E-state index in [1.165, 1.54) is 17.2 Å². The van der Waals surface area contributed by atoms with Gasteiger partial charge in [-0.05, 0) is 41.3 Å². The van der Waals surface area contributed by atoms with E-state index in [-0.39, 0.29) is 0 Å². The van der Waals surface area contributed by atoms with E-state index in [0.717, 1.165) is 18.8 Å². The van der Waals surface area contributed by atoms with Crippen LogP contribution in [0.4, 0.5) is 0 Å². The third-order valence-electron chi connectivity index (χ3n) is 3.32. The first-order valence-corrected chi connectivity index (χ1v) is 7.37. The maximum absolute atomic E-state index is 5.78. The minimum Gasteiger partial charge on any atom is -0.492 e. The average Bonchev–Trinajstić information content (AvgIpc) is 2.41. The number of hydrogen-bond acceptors (Lipinski definition) is 2. The maximum atomic E-state index is 5.78. The van der Waals surface area contributed by atoms with Crippen molar-refractivity contribution in [1.82, 2.24) is 5.32 Å². The van der Waals surface area contributed by atoms with Crippen molar-refractivity contribution < 1.29 is 4.74 Å². The normalized spacial score (nSPS) is 11.8. The topological polar surface area (TPSA) is 21.3 Å². The molecule has 0 aromatic heterocycles. The van der Waals surface area contributed by atoms with Crippen molar-refractivity contribution in [1.29, 1.82) is 0 Å². The molecule has 20 heavy (non-hydrogen) atoms. The molecule has 2 aromatic carbocycles. The van der Waals surface area contributed by atoms with Crippen molar-refractivity contribution in [2.24, 2.45) is 5.41 Å². The molecule has 0 aliphatic heterocycles. The first-order chi connectivity index (χ1) is 9.54. The molecular formula is C18H25NO. The molecule has 0 unspecified atom stereocenters. The highest BCUT2D eigenvalue weighted by atomic mass is 16.5. The maximum Gasteiger partial charge on any atom is 0.120 e. The Labute approximate surface area is 122 Å². The third kappa shape index (κ3) is 4.86. The molecule has 0 aliphatic carbocycles. The fourth-order valence-electron chi connectivity index (χ4n) is 2.09. The lowest BCUT2D eigenvalue weighted by molar-refractivity contribution is 0.304. The van der Waals surface area contributed by atoms with Gasteiger partial charge in [-0.25, -0.2) is 0 Å². The van der Waals surface area contributed by atoms with Gasteiger partial charge < -0.3 is 10.1 Å². The lowest BCUT2D eigenvalue weighted by atomic mass is 9.92. The van der Waals surface area contributed by atoms with Crippen LogP contribution in [0.5, 0.6) is 5.75 Å². The van der Waals surface area contributed by atoms with Gasteiger partial charge in [-0.2, -0.15) is 0 Å². The molecule has 0 saturated heterocycles. The molecule has 0 aliphatic rings. The summed E-state index contributed by atoms with van der Waals surface area (Å²) in [5, 5.41) is 5.90. The molecule has 0 saturated carbocycles. The van der Waals surface area contributed by atoms with Crippen molar-refractivity contribution in [3.05, 3.63) is 42.5 Å². The van der Waals surface area contributed by atoms with Gasteiger partial charge in [-0.15, -0.1) is 0 Å². The van der Waals surface area contributed by atoms with E-state index in [4.69, 9.17) is 4.74 Å². The first kappa shape index (κ1) is 14.9. The summed E-state index contributed by atoms with van der Waals surface area (Å²) in [5.41, 5.74) is 0.395. The lowest BCUT2D eigenvalue weighted by Crippen LogP contribution is -2.25. The molecule has 2 heteroatoms. The van der Waals surface area contributed by atoms with Crippen LogP contribution < -0.4 is 10.1 Å². The highest BCUT2D eigenvalue weighted by Crippen LogP contribution is 2.20. The second-order valence-electron chi connectivity index (χ2n) is 6.42. The highest BCUT2D eigenvalue weighted by molar-refractivity contribution is 5.83. The molecule has 0 fully saturated rings. The second kappa shape index (κ2) is 6.76. The van der Waals surface area contributed by atoms with E-state index in [0.29, 0.717) is 12.0 Å². The Morgan fingerprint density at radius 3 is 2.45 bits per heavy atom. The van der Waals surface area contributed by atoms with Gasteiger partial charge in [-0.1, -0.05) is 51.1 Å². The van der Waals surface area contributed by atoms with Crippen molar-refractivity contribution in [2.45, 2.75) is 27.2 Å². The lowest BCUT2D eigenvalue weighted by Gasteiger charge is -2.18. The van der Waals surface area contributed by atoms with Crippen LogP contribution in [0.1, 0.15) is 27.2 Å². The van der Waals surface area contributed by atoms with Gasteiger partial charge in [0, 0.05) is 6.54 Å². The summed E-state index contributed by atoms with van der Waals surface area (Å²) in [6, 6.07) is 14.6. The van der Waals surface area contributed by atoms with Gasteiger partial charge in [0.15, 0.2) is 0 Å². The number of nitrogens with one attached hydrogen (secondary N) is 1. The Balaban J connectivity index is 1.73. The van der Waals surface area contributed by atoms with Crippen LogP contribution in [0.15, 0.2) is 42.5 Å². The largest absolute Gasteiger partial charge is 0.492 e. The second-order valence-corrected chi connectivity index (χ2v) is 6.42. The van der Waals surface area contributed by atoms with E-state index in [9.17, 15) is 0 Å². The Morgan fingerprint density at radius 1 is 0.950 bits per heavy atom. The van der Waals surface area contributed by atoms with E-state index < -0.39 is 0 Å². The first-order valence-electron chi connectivity index (χ1n) is 7.37. The Hall–Kier alpha value is -1.54. The minimum absolute atomic E-state index is 0.395. The molecule has 0 amide bonds. The molecule has 1 N–H and O–H groups in total. The Kier molecular flexibility index (Phi) is 5.02. The van der Waals surface area contributed by atoms with Crippen molar-refractivity contribution in [2.75, 3.05) is 19.7 Å². The van der Waals surface area contributed by atoms with Crippen molar-refractivity contribution >= 4 is 10.8 Å². The van der Waals surface area contributed by atoms with Crippen molar-refractivity contribution in [3.63, 3.8) is 0 Å². The standard InChI is InChI=1S/C18H25NO/c1-18(2,3)10-11-19-12-13-20-17-9-8-15-6-4-5-7-16(15)14-17/h4-9,14,19H,10-13H2,1-3H3. The summed E-state index contributed by atoms with van der Waals surface area (Å²) in [6.45, 7) is 9.44. The molecule has 0 spiro atoms. The summed E-state index contributed by atoms with van der Waals surface area (Å²) in [5.74, 6) is 0.946. The van der Waals surface area contributed by atoms with Gasteiger partial charge >= 0.3 is 0 Å². The van der Waals surface area contributed by atoms with Gasteiger partial charge in [-0.3, -0.25) is 0 Å². The number of hydrogen-bond donors (Lipinski definition) is 1.